The zero-order valence-electron chi connectivity index (χ0n) is 24.8. The van der Waals surface area contributed by atoms with Gasteiger partial charge in [-0.25, -0.2) is 9.59 Å². The van der Waals surface area contributed by atoms with Crippen LogP contribution in [0, 0.1) is 5.41 Å². The van der Waals surface area contributed by atoms with Crippen LogP contribution in [0.5, 0.6) is 0 Å². The summed E-state index contributed by atoms with van der Waals surface area (Å²) in [5.74, 6) is -0.247. The second-order valence-corrected chi connectivity index (χ2v) is 13.8. The summed E-state index contributed by atoms with van der Waals surface area (Å²) in [6.45, 7) is 9.47. The number of rotatable bonds is 3. The van der Waals surface area contributed by atoms with Crippen LogP contribution in [0.25, 0.3) is 11.0 Å². The van der Waals surface area contributed by atoms with Gasteiger partial charge in [-0.15, -0.1) is 0 Å². The fraction of sp³-hybridized carbons (Fsp3) is 0.677. The van der Waals surface area contributed by atoms with E-state index in [0.717, 1.165) is 62.9 Å². The predicted octanol–water partition coefficient (Wildman–Crippen LogP) is 3.68. The van der Waals surface area contributed by atoms with Gasteiger partial charge in [-0.2, -0.15) is 0 Å². The summed E-state index contributed by atoms with van der Waals surface area (Å²) >= 11 is 0. The number of benzene rings is 1. The van der Waals surface area contributed by atoms with Crippen molar-refractivity contribution < 1.29 is 19.1 Å². The van der Waals surface area contributed by atoms with Crippen LogP contribution in [0.1, 0.15) is 89.7 Å². The molecular weight excluding hydrogens is 522 g/mol. The van der Waals surface area contributed by atoms with Crippen LogP contribution in [0.4, 0.5) is 4.79 Å². The Kier molecular flexibility index (Phi) is 7.03. The van der Waals surface area contributed by atoms with E-state index in [9.17, 15) is 19.2 Å². The molecule has 3 saturated heterocycles. The largest absolute Gasteiger partial charge is 0.444 e. The maximum atomic E-state index is 13.1. The Morgan fingerprint density at radius 3 is 2.29 bits per heavy atom. The fourth-order valence-electron chi connectivity index (χ4n) is 7.56. The molecule has 1 spiro atoms. The molecule has 1 saturated carbocycles. The minimum absolute atomic E-state index is 0.184. The lowest BCUT2D eigenvalue weighted by Crippen LogP contribution is -2.57. The lowest BCUT2D eigenvalue weighted by molar-refractivity contribution is -0.135. The lowest BCUT2D eigenvalue weighted by Gasteiger charge is -2.56. The SMILES string of the molecule is Cn1c(=O)n(C2CCC(=O)NC2=O)c2ccc(C3CCN(C4CC5(CCN(C(=O)OC(C)(C)C)CC5)C4)CC3)cc21. The van der Waals surface area contributed by atoms with E-state index in [2.05, 4.69) is 22.3 Å². The third kappa shape index (κ3) is 5.31. The number of aromatic nitrogens is 2. The number of amides is 3. The van der Waals surface area contributed by atoms with Gasteiger partial charge in [0.1, 0.15) is 11.6 Å². The smallest absolute Gasteiger partial charge is 0.410 e. The molecule has 10 heteroatoms. The Labute approximate surface area is 241 Å². The van der Waals surface area contributed by atoms with Crippen LogP contribution in [-0.2, 0) is 21.4 Å². The third-order valence-electron chi connectivity index (χ3n) is 9.97. The molecule has 1 aromatic heterocycles. The molecule has 2 aromatic rings. The fourth-order valence-corrected chi connectivity index (χ4v) is 7.56. The molecule has 1 unspecified atom stereocenters. The van der Waals surface area contributed by atoms with Crippen molar-refractivity contribution in [3.63, 3.8) is 0 Å². The first-order valence-corrected chi connectivity index (χ1v) is 15.2. The van der Waals surface area contributed by atoms with Crippen molar-refractivity contribution >= 4 is 28.9 Å². The molecule has 0 radical (unpaired) electrons. The summed E-state index contributed by atoms with van der Waals surface area (Å²) in [6, 6.07) is 6.18. The van der Waals surface area contributed by atoms with Crippen molar-refractivity contribution in [2.75, 3.05) is 26.2 Å². The number of carbonyl (C=O) groups is 3. The maximum Gasteiger partial charge on any atom is 0.410 e. The Hall–Kier alpha value is -3.14. The van der Waals surface area contributed by atoms with Gasteiger partial charge in [0.2, 0.25) is 11.8 Å². The van der Waals surface area contributed by atoms with Gasteiger partial charge >= 0.3 is 11.8 Å². The summed E-state index contributed by atoms with van der Waals surface area (Å²) in [6.07, 6.45) is 7.15. The number of ether oxygens (including phenoxy) is 1. The zero-order valence-corrected chi connectivity index (χ0v) is 24.8. The van der Waals surface area contributed by atoms with Gasteiger partial charge in [0.25, 0.3) is 0 Å². The van der Waals surface area contributed by atoms with Gasteiger partial charge in [0.15, 0.2) is 0 Å². The first-order valence-electron chi connectivity index (χ1n) is 15.2. The van der Waals surface area contributed by atoms with E-state index in [1.54, 1.807) is 16.2 Å². The van der Waals surface area contributed by atoms with Crippen LogP contribution < -0.4 is 11.0 Å². The number of nitrogens with one attached hydrogen (secondary N) is 1. The average molecular weight is 566 g/mol. The summed E-state index contributed by atoms with van der Waals surface area (Å²) in [7, 11) is 1.75. The highest BCUT2D eigenvalue weighted by Crippen LogP contribution is 2.51. The third-order valence-corrected chi connectivity index (χ3v) is 9.97. The molecule has 10 nitrogen and oxygen atoms in total. The molecule has 3 amide bonds. The van der Waals surface area contributed by atoms with Gasteiger partial charge in [0.05, 0.1) is 11.0 Å². The number of aryl methyl sites for hydroxylation is 1. The zero-order chi connectivity index (χ0) is 29.1. The number of fused-ring (bicyclic) bond motifs is 1. The molecule has 3 aliphatic heterocycles. The van der Waals surface area contributed by atoms with Crippen LogP contribution in [-0.4, -0.2) is 74.7 Å². The lowest BCUT2D eigenvalue weighted by atomic mass is 9.59. The summed E-state index contributed by atoms with van der Waals surface area (Å²) < 4.78 is 8.74. The molecule has 1 aromatic carbocycles. The summed E-state index contributed by atoms with van der Waals surface area (Å²) in [5.41, 5.74) is 2.52. The molecule has 222 valence electrons. The number of carbonyl (C=O) groups excluding carboxylic acids is 3. The number of imide groups is 1. The first-order chi connectivity index (χ1) is 19.4. The van der Waals surface area contributed by atoms with E-state index in [-0.39, 0.29) is 24.1 Å². The van der Waals surface area contributed by atoms with Crippen molar-refractivity contribution in [1.82, 2.24) is 24.3 Å². The second-order valence-electron chi connectivity index (χ2n) is 13.8. The number of hydrogen-bond acceptors (Lipinski definition) is 6. The van der Waals surface area contributed by atoms with Crippen LogP contribution in [0.2, 0.25) is 0 Å². The van der Waals surface area contributed by atoms with Crippen LogP contribution >= 0.6 is 0 Å². The molecular formula is C31H43N5O5. The molecule has 6 rings (SSSR count). The summed E-state index contributed by atoms with van der Waals surface area (Å²) in [5, 5.41) is 2.38. The Morgan fingerprint density at radius 2 is 1.66 bits per heavy atom. The standard InChI is InChI=1S/C31H43N5O5/c1-30(2,3)41-29(40)35-15-11-31(12-16-35)18-22(19-31)34-13-9-20(10-14-34)21-5-6-23-25(17-21)33(4)28(39)36(23)24-7-8-26(37)32-27(24)38/h5-6,17,20,22,24H,7-16,18-19H2,1-4H3,(H,32,37,38). The first kappa shape index (κ1) is 28.0. The number of nitrogens with zero attached hydrogens (tertiary/aromatic N) is 4. The highest BCUT2D eigenvalue weighted by atomic mass is 16.6. The van der Waals surface area contributed by atoms with Crippen LogP contribution in [0.15, 0.2) is 23.0 Å². The Balaban J connectivity index is 1.04. The number of hydrogen-bond donors (Lipinski definition) is 1. The number of imidazole rings is 1. The van der Waals surface area contributed by atoms with E-state index >= 15 is 0 Å². The monoisotopic (exact) mass is 565 g/mol. The van der Waals surface area contributed by atoms with Crippen molar-refractivity contribution in [2.24, 2.45) is 12.5 Å². The predicted molar refractivity (Wildman–Crippen MR) is 155 cm³/mol. The maximum absolute atomic E-state index is 13.1. The molecule has 41 heavy (non-hydrogen) atoms. The molecule has 4 heterocycles. The van der Waals surface area contributed by atoms with Gasteiger partial charge in [-0.05, 0) is 108 Å². The molecule has 1 atom stereocenters. The van der Waals surface area contributed by atoms with Gasteiger partial charge in [0, 0.05) is 32.6 Å². The van der Waals surface area contributed by atoms with Gasteiger partial charge in [-0.3, -0.25) is 24.0 Å². The number of likely N-dealkylation sites (tertiary alicyclic amines) is 2. The van der Waals surface area contributed by atoms with Gasteiger partial charge < -0.3 is 14.5 Å². The molecule has 4 aliphatic rings. The van der Waals surface area contributed by atoms with Crippen molar-refractivity contribution in [1.29, 1.82) is 0 Å². The van der Waals surface area contributed by atoms with Crippen molar-refractivity contribution in [2.45, 2.75) is 95.7 Å². The Bertz CT molecular complexity index is 1410. The molecule has 1 N–H and O–H groups in total. The minimum atomic E-state index is -0.659. The van der Waals surface area contributed by atoms with Crippen molar-refractivity contribution in [3.05, 3.63) is 34.2 Å². The highest BCUT2D eigenvalue weighted by molar-refractivity contribution is 6.00. The van der Waals surface area contributed by atoms with Gasteiger partial charge in [-0.1, -0.05) is 6.07 Å². The van der Waals surface area contributed by atoms with Crippen molar-refractivity contribution in [3.8, 4) is 0 Å². The average Bonchev–Trinajstić information content (AvgIpc) is 3.15. The second kappa shape index (κ2) is 10.3. The Morgan fingerprint density at radius 1 is 0.976 bits per heavy atom. The van der Waals surface area contributed by atoms with E-state index in [4.69, 9.17) is 4.74 Å². The topological polar surface area (TPSA) is 106 Å². The van der Waals surface area contributed by atoms with E-state index in [1.807, 2.05) is 31.7 Å². The number of piperidine rings is 3. The molecule has 0 bridgehead atoms. The van der Waals surface area contributed by atoms with E-state index in [1.165, 1.54) is 18.4 Å². The minimum Gasteiger partial charge on any atom is -0.444 e. The highest BCUT2D eigenvalue weighted by Gasteiger charge is 2.49. The molecule has 1 aliphatic carbocycles. The normalized spacial score (nSPS) is 24.5. The van der Waals surface area contributed by atoms with E-state index < -0.39 is 17.6 Å². The van der Waals surface area contributed by atoms with E-state index in [0.29, 0.717) is 23.8 Å². The summed E-state index contributed by atoms with van der Waals surface area (Å²) in [4.78, 5) is 54.2. The quantitative estimate of drug-likeness (QED) is 0.570. The van der Waals surface area contributed by atoms with Crippen LogP contribution in [0.3, 0.4) is 0 Å². The molecule has 4 fully saturated rings.